The molecule has 2 saturated heterocycles. The van der Waals surface area contributed by atoms with E-state index in [0.29, 0.717) is 23.0 Å². The number of benzene rings is 2. The van der Waals surface area contributed by atoms with Gasteiger partial charge in [-0.05, 0) is 67.5 Å². The van der Waals surface area contributed by atoms with Crippen molar-refractivity contribution < 1.29 is 9.59 Å². The molecule has 2 aromatic carbocycles. The first-order valence-electron chi connectivity index (χ1n) is 10.5. The maximum Gasteiger partial charge on any atom is 0.254 e. The van der Waals surface area contributed by atoms with Crippen LogP contribution in [0.25, 0.3) is 0 Å². The fraction of sp³-hybridized carbons (Fsp3) is 0.417. The molecule has 5 heteroatoms. The van der Waals surface area contributed by atoms with Gasteiger partial charge in [-0.2, -0.15) is 0 Å². The molecule has 0 spiro atoms. The molecule has 2 atom stereocenters. The zero-order chi connectivity index (χ0) is 20.4. The lowest BCUT2D eigenvalue weighted by Gasteiger charge is -2.22. The number of rotatable bonds is 6. The molecule has 2 aromatic rings. The van der Waals surface area contributed by atoms with E-state index < -0.39 is 5.91 Å². The van der Waals surface area contributed by atoms with E-state index in [-0.39, 0.29) is 5.91 Å². The summed E-state index contributed by atoms with van der Waals surface area (Å²) in [6.45, 7) is 6.83. The minimum Gasteiger partial charge on any atom is -0.366 e. The summed E-state index contributed by atoms with van der Waals surface area (Å²) >= 11 is 0. The Bertz CT molecular complexity index is 882. The molecule has 0 aliphatic carbocycles. The van der Waals surface area contributed by atoms with Crippen LogP contribution in [0.1, 0.15) is 38.3 Å². The van der Waals surface area contributed by atoms with E-state index in [9.17, 15) is 9.59 Å². The summed E-state index contributed by atoms with van der Waals surface area (Å²) in [4.78, 5) is 28.9. The average molecular weight is 392 g/mol. The van der Waals surface area contributed by atoms with Crippen LogP contribution in [0.5, 0.6) is 0 Å². The zero-order valence-electron chi connectivity index (χ0n) is 17.0. The highest BCUT2D eigenvalue weighted by atomic mass is 16.2. The molecule has 4 rings (SSSR count). The van der Waals surface area contributed by atoms with E-state index in [4.69, 9.17) is 5.73 Å². The second kappa shape index (κ2) is 8.37. The Morgan fingerprint density at radius 3 is 2.31 bits per heavy atom. The van der Waals surface area contributed by atoms with E-state index in [1.165, 1.54) is 12.0 Å². The first-order valence-corrected chi connectivity index (χ1v) is 10.5. The van der Waals surface area contributed by atoms with Gasteiger partial charge in [0.05, 0.1) is 0 Å². The summed E-state index contributed by atoms with van der Waals surface area (Å²) in [6.07, 6.45) is 2.30. The van der Waals surface area contributed by atoms with E-state index in [2.05, 4.69) is 35.2 Å². The maximum absolute atomic E-state index is 13.0. The van der Waals surface area contributed by atoms with E-state index in [1.807, 2.05) is 11.8 Å². The standard InChI is InChI=1S/C24H29N3O2/c1-17-12-19(23(25)28)9-10-22(17)24(29)27-15-20-13-26(14-21(20)16-27)11-5-8-18-6-3-2-4-7-18/h2-4,6-7,9-10,12,20-21H,5,8,11,13-16H2,1H3,(H2,25,28)/t20-,21?/m0/s1. The Labute approximate surface area is 172 Å². The molecular weight excluding hydrogens is 362 g/mol. The monoisotopic (exact) mass is 391 g/mol. The van der Waals surface area contributed by atoms with Crippen LogP contribution in [-0.4, -0.2) is 54.3 Å². The van der Waals surface area contributed by atoms with E-state index in [1.54, 1.807) is 18.2 Å². The average Bonchev–Trinajstić information content (AvgIpc) is 3.27. The van der Waals surface area contributed by atoms with Crippen molar-refractivity contribution in [1.29, 1.82) is 0 Å². The molecule has 1 unspecified atom stereocenters. The first-order chi connectivity index (χ1) is 14.0. The molecule has 0 bridgehead atoms. The molecule has 0 aromatic heterocycles. The summed E-state index contributed by atoms with van der Waals surface area (Å²) in [7, 11) is 0. The number of carbonyl (C=O) groups excluding carboxylic acids is 2. The molecule has 2 amide bonds. The maximum atomic E-state index is 13.0. The first kappa shape index (κ1) is 19.6. The lowest BCUT2D eigenvalue weighted by molar-refractivity contribution is 0.0772. The van der Waals surface area contributed by atoms with Crippen LogP contribution in [0.3, 0.4) is 0 Å². The minimum absolute atomic E-state index is 0.0727. The number of aryl methyl sites for hydroxylation is 2. The fourth-order valence-corrected chi connectivity index (χ4v) is 4.82. The number of nitrogens with zero attached hydrogens (tertiary/aromatic N) is 2. The van der Waals surface area contributed by atoms with Crippen molar-refractivity contribution in [2.24, 2.45) is 17.6 Å². The number of primary amides is 1. The van der Waals surface area contributed by atoms with Gasteiger partial charge in [0, 0.05) is 37.3 Å². The van der Waals surface area contributed by atoms with Gasteiger partial charge in [0.25, 0.3) is 5.91 Å². The van der Waals surface area contributed by atoms with Gasteiger partial charge in [-0.1, -0.05) is 30.3 Å². The van der Waals surface area contributed by atoms with Gasteiger partial charge in [-0.3, -0.25) is 9.59 Å². The Morgan fingerprint density at radius 2 is 1.69 bits per heavy atom. The van der Waals surface area contributed by atoms with Crippen molar-refractivity contribution in [3.63, 3.8) is 0 Å². The summed E-state index contributed by atoms with van der Waals surface area (Å²) < 4.78 is 0. The third-order valence-corrected chi connectivity index (χ3v) is 6.37. The molecule has 2 aliphatic rings. The van der Waals surface area contributed by atoms with Crippen LogP contribution in [0.15, 0.2) is 48.5 Å². The number of likely N-dealkylation sites (tertiary alicyclic amines) is 2. The van der Waals surface area contributed by atoms with Crippen LogP contribution < -0.4 is 5.73 Å². The van der Waals surface area contributed by atoms with Gasteiger partial charge < -0.3 is 15.5 Å². The van der Waals surface area contributed by atoms with E-state index in [0.717, 1.165) is 44.7 Å². The summed E-state index contributed by atoms with van der Waals surface area (Å²) in [5.74, 6) is 0.750. The Kier molecular flexibility index (Phi) is 5.67. The lowest BCUT2D eigenvalue weighted by Crippen LogP contribution is -2.34. The number of carbonyl (C=O) groups is 2. The third-order valence-electron chi connectivity index (χ3n) is 6.37. The van der Waals surface area contributed by atoms with Crippen molar-refractivity contribution in [3.05, 3.63) is 70.8 Å². The second-order valence-electron chi connectivity index (χ2n) is 8.47. The SMILES string of the molecule is Cc1cc(C(N)=O)ccc1C(=O)N1CC2CN(CCCc3ccccc3)C[C@H]2C1. The summed E-state index contributed by atoms with van der Waals surface area (Å²) in [6, 6.07) is 15.7. The van der Waals surface area contributed by atoms with Gasteiger partial charge in [-0.15, -0.1) is 0 Å². The topological polar surface area (TPSA) is 66.6 Å². The number of fused-ring (bicyclic) bond motifs is 1. The van der Waals surface area contributed by atoms with Crippen molar-refractivity contribution in [2.45, 2.75) is 19.8 Å². The molecule has 152 valence electrons. The van der Waals surface area contributed by atoms with Gasteiger partial charge in [0.1, 0.15) is 0 Å². The molecule has 2 N–H and O–H groups in total. The molecule has 5 nitrogen and oxygen atoms in total. The third kappa shape index (κ3) is 4.35. The highest BCUT2D eigenvalue weighted by Gasteiger charge is 2.41. The van der Waals surface area contributed by atoms with E-state index >= 15 is 0 Å². The highest BCUT2D eigenvalue weighted by Crippen LogP contribution is 2.32. The van der Waals surface area contributed by atoms with Crippen molar-refractivity contribution in [3.8, 4) is 0 Å². The fourth-order valence-electron chi connectivity index (χ4n) is 4.82. The minimum atomic E-state index is -0.463. The lowest BCUT2D eigenvalue weighted by atomic mass is 10.0. The van der Waals surface area contributed by atoms with Crippen molar-refractivity contribution in [1.82, 2.24) is 9.80 Å². The van der Waals surface area contributed by atoms with Crippen molar-refractivity contribution >= 4 is 11.8 Å². The van der Waals surface area contributed by atoms with Crippen LogP contribution in [0.2, 0.25) is 0 Å². The quantitative estimate of drug-likeness (QED) is 0.823. The number of nitrogens with two attached hydrogens (primary N) is 1. The van der Waals surface area contributed by atoms with Gasteiger partial charge in [-0.25, -0.2) is 0 Å². The normalized spacial score (nSPS) is 21.3. The second-order valence-corrected chi connectivity index (χ2v) is 8.47. The summed E-state index contributed by atoms with van der Waals surface area (Å²) in [5, 5.41) is 0. The predicted molar refractivity (Wildman–Crippen MR) is 114 cm³/mol. The molecule has 2 heterocycles. The van der Waals surface area contributed by atoms with Gasteiger partial charge >= 0.3 is 0 Å². The zero-order valence-corrected chi connectivity index (χ0v) is 17.0. The van der Waals surface area contributed by atoms with Crippen LogP contribution in [0.4, 0.5) is 0 Å². The predicted octanol–water partition coefficient (Wildman–Crippen LogP) is 2.73. The Balaban J connectivity index is 1.29. The molecular formula is C24H29N3O2. The van der Waals surface area contributed by atoms with Gasteiger partial charge in [0.15, 0.2) is 0 Å². The molecule has 2 fully saturated rings. The molecule has 29 heavy (non-hydrogen) atoms. The number of amides is 2. The molecule has 2 aliphatic heterocycles. The Morgan fingerprint density at radius 1 is 1.00 bits per heavy atom. The Hall–Kier alpha value is -2.66. The van der Waals surface area contributed by atoms with Crippen LogP contribution in [-0.2, 0) is 6.42 Å². The largest absolute Gasteiger partial charge is 0.366 e. The van der Waals surface area contributed by atoms with Crippen LogP contribution in [0, 0.1) is 18.8 Å². The molecule has 0 radical (unpaired) electrons. The highest BCUT2D eigenvalue weighted by molar-refractivity contribution is 5.98. The number of hydrogen-bond donors (Lipinski definition) is 1. The smallest absolute Gasteiger partial charge is 0.254 e. The van der Waals surface area contributed by atoms with Gasteiger partial charge in [0.2, 0.25) is 5.91 Å². The number of hydrogen-bond acceptors (Lipinski definition) is 3. The van der Waals surface area contributed by atoms with Crippen LogP contribution >= 0.6 is 0 Å². The van der Waals surface area contributed by atoms with Crippen molar-refractivity contribution in [2.75, 3.05) is 32.7 Å². The summed E-state index contributed by atoms with van der Waals surface area (Å²) in [5.41, 5.74) is 8.67. The molecule has 0 saturated carbocycles.